The normalized spacial score (nSPS) is 33.9. The molecule has 2 nitrogen and oxygen atoms in total. The number of hydrogen-bond donors (Lipinski definition) is 0. The van der Waals surface area contributed by atoms with Crippen LogP contribution in [0.3, 0.4) is 0 Å². The highest BCUT2D eigenvalue weighted by Crippen LogP contribution is 2.43. The van der Waals surface area contributed by atoms with Crippen LogP contribution in [0.1, 0.15) is 65.7 Å². The summed E-state index contributed by atoms with van der Waals surface area (Å²) in [7, 11) is 0. The van der Waals surface area contributed by atoms with Gasteiger partial charge in [-0.2, -0.15) is 5.26 Å². The minimum absolute atomic E-state index is 0.280. The van der Waals surface area contributed by atoms with Crippen molar-refractivity contribution in [1.29, 1.82) is 5.26 Å². The summed E-state index contributed by atoms with van der Waals surface area (Å²) in [6, 6.07) is 3.14. The fraction of sp³-hybridized carbons (Fsp3) is 0.941. The lowest BCUT2D eigenvalue weighted by atomic mass is 9.66. The van der Waals surface area contributed by atoms with Crippen LogP contribution in [0, 0.1) is 28.6 Å². The third-order valence-corrected chi connectivity index (χ3v) is 5.86. The van der Waals surface area contributed by atoms with Gasteiger partial charge in [-0.25, -0.2) is 0 Å². The SMILES string of the molecule is CCC(C)(C)C1CCC(C#N)C(N2CCCCC2)C1. The minimum Gasteiger partial charge on any atom is -0.299 e. The zero-order valence-electron chi connectivity index (χ0n) is 13.0. The highest BCUT2D eigenvalue weighted by Gasteiger charge is 2.39. The average Bonchev–Trinajstić information content (AvgIpc) is 2.47. The van der Waals surface area contributed by atoms with E-state index in [1.54, 1.807) is 0 Å². The summed E-state index contributed by atoms with van der Waals surface area (Å²) in [5, 5.41) is 9.46. The molecule has 0 amide bonds. The van der Waals surface area contributed by atoms with Crippen LogP contribution in [-0.4, -0.2) is 24.0 Å². The van der Waals surface area contributed by atoms with Crippen molar-refractivity contribution in [3.8, 4) is 6.07 Å². The topological polar surface area (TPSA) is 27.0 Å². The number of nitrogens with zero attached hydrogens (tertiary/aromatic N) is 2. The van der Waals surface area contributed by atoms with Gasteiger partial charge in [0.05, 0.1) is 12.0 Å². The lowest BCUT2D eigenvalue weighted by Crippen LogP contribution is -2.48. The molecule has 3 atom stereocenters. The Hall–Kier alpha value is -0.550. The molecule has 3 unspecified atom stereocenters. The molecule has 0 bridgehead atoms. The second-order valence-electron chi connectivity index (χ2n) is 7.25. The quantitative estimate of drug-likeness (QED) is 0.761. The van der Waals surface area contributed by atoms with Crippen molar-refractivity contribution >= 4 is 0 Å². The molecule has 1 heterocycles. The molecule has 0 radical (unpaired) electrons. The highest BCUT2D eigenvalue weighted by atomic mass is 15.2. The first-order valence-electron chi connectivity index (χ1n) is 8.22. The highest BCUT2D eigenvalue weighted by molar-refractivity contribution is 5.00. The van der Waals surface area contributed by atoms with Crippen LogP contribution in [0.5, 0.6) is 0 Å². The predicted molar refractivity (Wildman–Crippen MR) is 79.7 cm³/mol. The van der Waals surface area contributed by atoms with E-state index >= 15 is 0 Å². The van der Waals surface area contributed by atoms with Gasteiger partial charge < -0.3 is 0 Å². The maximum absolute atomic E-state index is 9.46. The molecule has 2 rings (SSSR count). The van der Waals surface area contributed by atoms with E-state index in [0.717, 1.165) is 12.3 Å². The molecule has 1 saturated heterocycles. The van der Waals surface area contributed by atoms with Crippen LogP contribution in [0.15, 0.2) is 0 Å². The van der Waals surface area contributed by atoms with Crippen molar-refractivity contribution in [1.82, 2.24) is 4.90 Å². The lowest BCUT2D eigenvalue weighted by Gasteiger charge is -2.46. The first kappa shape index (κ1) is 14.9. The Morgan fingerprint density at radius 1 is 1.16 bits per heavy atom. The van der Waals surface area contributed by atoms with E-state index in [0.29, 0.717) is 11.5 Å². The molecular formula is C17H30N2. The molecule has 108 valence electrons. The molecule has 2 heteroatoms. The van der Waals surface area contributed by atoms with Crippen LogP contribution in [0.25, 0.3) is 0 Å². The van der Waals surface area contributed by atoms with Crippen molar-refractivity contribution in [3.05, 3.63) is 0 Å². The molecule has 19 heavy (non-hydrogen) atoms. The minimum atomic E-state index is 0.280. The number of nitriles is 1. The van der Waals surface area contributed by atoms with Crippen molar-refractivity contribution in [3.63, 3.8) is 0 Å². The smallest absolute Gasteiger partial charge is 0.0672 e. The van der Waals surface area contributed by atoms with E-state index < -0.39 is 0 Å². The average molecular weight is 262 g/mol. The third kappa shape index (κ3) is 3.31. The van der Waals surface area contributed by atoms with Crippen LogP contribution in [-0.2, 0) is 0 Å². The number of likely N-dealkylation sites (tertiary alicyclic amines) is 1. The van der Waals surface area contributed by atoms with Gasteiger partial charge >= 0.3 is 0 Å². The summed E-state index contributed by atoms with van der Waals surface area (Å²) in [5.41, 5.74) is 0.439. The van der Waals surface area contributed by atoms with E-state index in [2.05, 4.69) is 31.7 Å². The summed E-state index contributed by atoms with van der Waals surface area (Å²) >= 11 is 0. The van der Waals surface area contributed by atoms with Crippen molar-refractivity contribution in [2.24, 2.45) is 17.3 Å². The summed E-state index contributed by atoms with van der Waals surface area (Å²) in [4.78, 5) is 2.63. The third-order valence-electron chi connectivity index (χ3n) is 5.86. The predicted octanol–water partition coefficient (Wildman–Crippen LogP) is 4.22. The van der Waals surface area contributed by atoms with E-state index in [1.807, 2.05) is 0 Å². The molecule has 2 fully saturated rings. The summed E-state index contributed by atoms with van der Waals surface area (Å²) in [6.45, 7) is 9.59. The van der Waals surface area contributed by atoms with E-state index in [4.69, 9.17) is 0 Å². The standard InChI is InChI=1S/C17H30N2/c1-4-17(2,3)15-9-8-14(13-18)16(12-15)19-10-6-5-7-11-19/h14-16H,4-12H2,1-3H3. The van der Waals surface area contributed by atoms with Gasteiger partial charge in [-0.05, 0) is 56.5 Å². The van der Waals surface area contributed by atoms with Gasteiger partial charge in [0.15, 0.2) is 0 Å². The second-order valence-corrected chi connectivity index (χ2v) is 7.25. The van der Waals surface area contributed by atoms with Gasteiger partial charge in [-0.1, -0.05) is 33.6 Å². The fourth-order valence-electron chi connectivity index (χ4n) is 3.95. The van der Waals surface area contributed by atoms with Gasteiger partial charge in [0.1, 0.15) is 0 Å². The van der Waals surface area contributed by atoms with Gasteiger partial charge in [-0.15, -0.1) is 0 Å². The maximum Gasteiger partial charge on any atom is 0.0672 e. The molecule has 0 aromatic heterocycles. The molecule has 0 aromatic rings. The summed E-state index contributed by atoms with van der Waals surface area (Å²) in [5.74, 6) is 1.08. The summed E-state index contributed by atoms with van der Waals surface area (Å²) < 4.78 is 0. The Balaban J connectivity index is 2.06. The Morgan fingerprint density at radius 2 is 1.84 bits per heavy atom. The summed E-state index contributed by atoms with van der Waals surface area (Å²) in [6.07, 6.45) is 8.91. The van der Waals surface area contributed by atoms with Crippen molar-refractivity contribution < 1.29 is 0 Å². The van der Waals surface area contributed by atoms with E-state index in [-0.39, 0.29) is 5.92 Å². The molecule has 0 spiro atoms. The number of rotatable bonds is 3. The second kappa shape index (κ2) is 6.27. The Morgan fingerprint density at radius 3 is 2.42 bits per heavy atom. The maximum atomic E-state index is 9.46. The van der Waals surface area contributed by atoms with Crippen LogP contribution in [0.2, 0.25) is 0 Å². The molecule has 1 aliphatic heterocycles. The Kier molecular flexibility index (Phi) is 4.90. The first-order valence-corrected chi connectivity index (χ1v) is 8.22. The molecule has 1 saturated carbocycles. The van der Waals surface area contributed by atoms with E-state index in [9.17, 15) is 5.26 Å². The van der Waals surface area contributed by atoms with Crippen LogP contribution < -0.4 is 0 Å². The largest absolute Gasteiger partial charge is 0.299 e. The van der Waals surface area contributed by atoms with Gasteiger partial charge in [-0.3, -0.25) is 4.90 Å². The van der Waals surface area contributed by atoms with Gasteiger partial charge in [0, 0.05) is 6.04 Å². The zero-order valence-corrected chi connectivity index (χ0v) is 13.0. The van der Waals surface area contributed by atoms with Gasteiger partial charge in [0.2, 0.25) is 0 Å². The van der Waals surface area contributed by atoms with Crippen LogP contribution >= 0.6 is 0 Å². The lowest BCUT2D eigenvalue weighted by molar-refractivity contribution is 0.0419. The molecule has 1 aliphatic carbocycles. The van der Waals surface area contributed by atoms with Crippen molar-refractivity contribution in [2.75, 3.05) is 13.1 Å². The van der Waals surface area contributed by atoms with Crippen molar-refractivity contribution in [2.45, 2.75) is 71.8 Å². The van der Waals surface area contributed by atoms with E-state index in [1.165, 1.54) is 51.6 Å². The molecule has 0 aromatic carbocycles. The zero-order chi connectivity index (χ0) is 13.9. The monoisotopic (exact) mass is 262 g/mol. The Bertz CT molecular complexity index is 323. The number of piperidine rings is 1. The molecular weight excluding hydrogens is 232 g/mol. The Labute approximate surface area is 119 Å². The number of hydrogen-bond acceptors (Lipinski definition) is 2. The van der Waals surface area contributed by atoms with Gasteiger partial charge in [0.25, 0.3) is 0 Å². The molecule has 0 N–H and O–H groups in total. The van der Waals surface area contributed by atoms with Crippen LogP contribution in [0.4, 0.5) is 0 Å². The molecule has 2 aliphatic rings. The first-order chi connectivity index (χ1) is 9.08. The fourth-order valence-corrected chi connectivity index (χ4v) is 3.95.